The average molecular weight is 381 g/mol. The Morgan fingerprint density at radius 3 is 2.71 bits per heavy atom. The van der Waals surface area contributed by atoms with Crippen LogP contribution in [0.4, 0.5) is 15.9 Å². The summed E-state index contributed by atoms with van der Waals surface area (Å²) in [6.07, 6.45) is 1.80. The van der Waals surface area contributed by atoms with Gasteiger partial charge in [0.05, 0.1) is 34.7 Å². The number of aliphatic hydroxyl groups is 1. The molecule has 1 aliphatic heterocycles. The van der Waals surface area contributed by atoms with Crippen LogP contribution in [0.3, 0.4) is 0 Å². The molecule has 7 heteroatoms. The molecule has 0 unspecified atom stereocenters. The summed E-state index contributed by atoms with van der Waals surface area (Å²) in [4.78, 5) is 6.65. The van der Waals surface area contributed by atoms with Crippen LogP contribution in [0.15, 0.2) is 30.5 Å². The summed E-state index contributed by atoms with van der Waals surface area (Å²) in [5.41, 5.74) is 3.29. The van der Waals surface area contributed by atoms with Crippen molar-refractivity contribution in [1.29, 1.82) is 0 Å². The maximum atomic E-state index is 13.9. The Hall–Kier alpha value is -2.80. The van der Waals surface area contributed by atoms with Gasteiger partial charge in [0.15, 0.2) is 5.82 Å². The minimum atomic E-state index is -0.661. The zero-order valence-corrected chi connectivity index (χ0v) is 16.5. The van der Waals surface area contributed by atoms with Crippen LogP contribution in [0.5, 0.6) is 0 Å². The molecule has 0 spiro atoms. The number of hydrogen-bond donors (Lipinski definition) is 2. The molecule has 3 heterocycles. The van der Waals surface area contributed by atoms with E-state index in [0.717, 1.165) is 27.8 Å². The zero-order valence-electron chi connectivity index (χ0n) is 16.5. The summed E-state index contributed by atoms with van der Waals surface area (Å²) >= 11 is 0. The molecule has 1 saturated heterocycles. The minimum absolute atomic E-state index is 0.149. The standard InChI is InChI=1S/C21H24FN5O/c1-12-16(6-5-7-18(12)22)13(2)24-20-17-8-15(27-10-21(4,28)11-27)9-23-19(17)14(3)25-26-20/h5-9,13,28H,10-11H2,1-4H3,(H,24,26)/t13-/m1/s1. The van der Waals surface area contributed by atoms with Crippen molar-refractivity contribution in [3.05, 3.63) is 53.1 Å². The highest BCUT2D eigenvalue weighted by atomic mass is 19.1. The van der Waals surface area contributed by atoms with E-state index in [1.807, 2.05) is 32.9 Å². The Kier molecular flexibility index (Phi) is 4.42. The van der Waals surface area contributed by atoms with Crippen molar-refractivity contribution in [2.24, 2.45) is 0 Å². The van der Waals surface area contributed by atoms with Gasteiger partial charge in [-0.15, -0.1) is 5.10 Å². The molecule has 1 aromatic carbocycles. The molecule has 4 rings (SSSR count). The molecule has 3 aromatic rings. The molecular formula is C21H24FN5O. The molecule has 6 nitrogen and oxygen atoms in total. The van der Waals surface area contributed by atoms with Crippen molar-refractivity contribution in [2.45, 2.75) is 39.3 Å². The van der Waals surface area contributed by atoms with Crippen molar-refractivity contribution in [2.75, 3.05) is 23.3 Å². The first kappa shape index (κ1) is 18.6. The summed E-state index contributed by atoms with van der Waals surface area (Å²) in [6, 6.07) is 6.96. The Morgan fingerprint density at radius 2 is 2.00 bits per heavy atom. The number of fused-ring (bicyclic) bond motifs is 1. The van der Waals surface area contributed by atoms with Gasteiger partial charge in [0, 0.05) is 18.5 Å². The van der Waals surface area contributed by atoms with Crippen molar-refractivity contribution in [1.82, 2.24) is 15.2 Å². The molecule has 1 aliphatic rings. The second-order valence-electron chi connectivity index (χ2n) is 7.90. The van der Waals surface area contributed by atoms with E-state index in [1.54, 1.807) is 19.2 Å². The van der Waals surface area contributed by atoms with Crippen LogP contribution in [0, 0.1) is 19.7 Å². The van der Waals surface area contributed by atoms with Crippen LogP contribution in [0.1, 0.15) is 36.7 Å². The van der Waals surface area contributed by atoms with E-state index < -0.39 is 5.60 Å². The SMILES string of the molecule is Cc1c(F)cccc1[C@@H](C)Nc1nnc(C)c2ncc(N3CC(C)(O)C3)cc12. The van der Waals surface area contributed by atoms with Gasteiger partial charge in [0.2, 0.25) is 0 Å². The van der Waals surface area contributed by atoms with Gasteiger partial charge >= 0.3 is 0 Å². The Balaban J connectivity index is 1.70. The summed E-state index contributed by atoms with van der Waals surface area (Å²) in [5, 5.41) is 22.8. The van der Waals surface area contributed by atoms with Gasteiger partial charge in [-0.1, -0.05) is 12.1 Å². The first-order valence-corrected chi connectivity index (χ1v) is 9.37. The molecule has 2 N–H and O–H groups in total. The van der Waals surface area contributed by atoms with E-state index in [2.05, 4.69) is 25.4 Å². The predicted molar refractivity (Wildman–Crippen MR) is 108 cm³/mol. The lowest BCUT2D eigenvalue weighted by Crippen LogP contribution is -2.60. The van der Waals surface area contributed by atoms with Gasteiger partial charge in [0.25, 0.3) is 0 Å². The summed E-state index contributed by atoms with van der Waals surface area (Å²) in [7, 11) is 0. The number of nitrogens with one attached hydrogen (secondary N) is 1. The van der Waals surface area contributed by atoms with Crippen molar-refractivity contribution in [3.63, 3.8) is 0 Å². The van der Waals surface area contributed by atoms with Crippen LogP contribution in [-0.4, -0.2) is 39.0 Å². The first-order chi connectivity index (χ1) is 13.2. The third-order valence-electron chi connectivity index (χ3n) is 5.33. The van der Waals surface area contributed by atoms with Gasteiger partial charge in [-0.05, 0) is 51.0 Å². The van der Waals surface area contributed by atoms with Gasteiger partial charge in [-0.25, -0.2) is 4.39 Å². The van der Waals surface area contributed by atoms with E-state index in [0.29, 0.717) is 24.5 Å². The summed E-state index contributed by atoms with van der Waals surface area (Å²) in [5.74, 6) is 0.387. The maximum absolute atomic E-state index is 13.9. The van der Waals surface area contributed by atoms with Crippen molar-refractivity contribution >= 4 is 22.4 Å². The Labute approximate surface area is 163 Å². The minimum Gasteiger partial charge on any atom is -0.386 e. The number of β-amino-alcohol motifs (C(OH)–C–C–N with tert-alkyl or cyclic N) is 1. The highest BCUT2D eigenvalue weighted by Crippen LogP contribution is 2.32. The number of aryl methyl sites for hydroxylation is 1. The molecule has 28 heavy (non-hydrogen) atoms. The van der Waals surface area contributed by atoms with Gasteiger partial charge in [0.1, 0.15) is 5.82 Å². The smallest absolute Gasteiger partial charge is 0.158 e. The molecular weight excluding hydrogens is 357 g/mol. The second-order valence-corrected chi connectivity index (χ2v) is 7.90. The fraction of sp³-hybridized carbons (Fsp3) is 0.381. The third kappa shape index (κ3) is 3.26. The van der Waals surface area contributed by atoms with E-state index in [-0.39, 0.29) is 11.9 Å². The van der Waals surface area contributed by atoms with E-state index in [1.165, 1.54) is 6.07 Å². The number of halogens is 1. The molecule has 0 radical (unpaired) electrons. The number of nitrogens with zero attached hydrogens (tertiary/aromatic N) is 4. The van der Waals surface area contributed by atoms with E-state index >= 15 is 0 Å². The number of aromatic nitrogens is 3. The van der Waals surface area contributed by atoms with Crippen LogP contribution in [0.25, 0.3) is 10.9 Å². The van der Waals surface area contributed by atoms with Crippen LogP contribution < -0.4 is 10.2 Å². The van der Waals surface area contributed by atoms with Crippen LogP contribution in [-0.2, 0) is 0 Å². The highest BCUT2D eigenvalue weighted by Gasteiger charge is 2.36. The normalized spacial score (nSPS) is 16.7. The molecule has 1 fully saturated rings. The van der Waals surface area contributed by atoms with E-state index in [9.17, 15) is 9.50 Å². The number of rotatable bonds is 4. The fourth-order valence-corrected chi connectivity index (χ4v) is 3.76. The maximum Gasteiger partial charge on any atom is 0.158 e. The average Bonchev–Trinajstić information content (AvgIpc) is 2.64. The van der Waals surface area contributed by atoms with E-state index in [4.69, 9.17) is 0 Å². The zero-order chi connectivity index (χ0) is 20.1. The number of anilines is 2. The lowest BCUT2D eigenvalue weighted by atomic mass is 9.96. The predicted octanol–water partition coefficient (Wildman–Crippen LogP) is 3.52. The molecule has 1 atom stereocenters. The third-order valence-corrected chi connectivity index (χ3v) is 5.33. The highest BCUT2D eigenvalue weighted by molar-refractivity contribution is 5.92. The molecule has 0 saturated carbocycles. The summed E-state index contributed by atoms with van der Waals surface area (Å²) < 4.78 is 13.9. The van der Waals surface area contributed by atoms with Gasteiger partial charge in [-0.2, -0.15) is 5.10 Å². The lowest BCUT2D eigenvalue weighted by Gasteiger charge is -2.45. The van der Waals surface area contributed by atoms with Gasteiger partial charge < -0.3 is 15.3 Å². The Bertz CT molecular complexity index is 1040. The molecule has 146 valence electrons. The largest absolute Gasteiger partial charge is 0.386 e. The Morgan fingerprint density at radius 1 is 1.25 bits per heavy atom. The molecule has 2 aromatic heterocycles. The molecule has 0 amide bonds. The van der Waals surface area contributed by atoms with Crippen LogP contribution >= 0.6 is 0 Å². The van der Waals surface area contributed by atoms with Crippen molar-refractivity contribution < 1.29 is 9.50 Å². The molecule has 0 aliphatic carbocycles. The lowest BCUT2D eigenvalue weighted by molar-refractivity contribution is 0.0310. The second kappa shape index (κ2) is 6.67. The molecule has 0 bridgehead atoms. The summed E-state index contributed by atoms with van der Waals surface area (Å²) in [6.45, 7) is 8.58. The quantitative estimate of drug-likeness (QED) is 0.720. The number of benzene rings is 1. The topological polar surface area (TPSA) is 74.2 Å². The number of hydrogen-bond acceptors (Lipinski definition) is 6. The van der Waals surface area contributed by atoms with Crippen molar-refractivity contribution in [3.8, 4) is 0 Å². The first-order valence-electron chi connectivity index (χ1n) is 9.37. The fourth-order valence-electron chi connectivity index (χ4n) is 3.76. The van der Waals surface area contributed by atoms with Crippen LogP contribution in [0.2, 0.25) is 0 Å². The monoisotopic (exact) mass is 381 g/mol. The van der Waals surface area contributed by atoms with Gasteiger partial charge in [-0.3, -0.25) is 4.98 Å². The number of pyridine rings is 1.